The first-order chi connectivity index (χ1) is 16.1. The lowest BCUT2D eigenvalue weighted by Crippen LogP contribution is -2.30. The smallest absolute Gasteiger partial charge is 0.260 e. The molecule has 170 valence electrons. The van der Waals surface area contributed by atoms with E-state index < -0.39 is 0 Å². The van der Waals surface area contributed by atoms with Gasteiger partial charge in [0.2, 0.25) is 0 Å². The van der Waals surface area contributed by atoms with Gasteiger partial charge in [0.25, 0.3) is 5.91 Å². The second-order valence-corrected chi connectivity index (χ2v) is 9.30. The second-order valence-electron chi connectivity index (χ2n) is 8.29. The molecule has 2 aromatic heterocycles. The highest BCUT2D eigenvalue weighted by Gasteiger charge is 2.23. The van der Waals surface area contributed by atoms with E-state index in [-0.39, 0.29) is 5.91 Å². The number of rotatable bonds is 9. The molecule has 0 radical (unpaired) electrons. The number of hydrogen-bond acceptors (Lipinski definition) is 5. The van der Waals surface area contributed by atoms with Gasteiger partial charge in [-0.05, 0) is 54.3 Å². The molecule has 0 saturated heterocycles. The summed E-state index contributed by atoms with van der Waals surface area (Å²) in [7, 11) is 0. The first-order valence-corrected chi connectivity index (χ1v) is 12.2. The first kappa shape index (κ1) is 22.9. The summed E-state index contributed by atoms with van der Waals surface area (Å²) in [4.78, 5) is 24.8. The van der Waals surface area contributed by atoms with Crippen molar-refractivity contribution in [3.05, 3.63) is 83.7 Å². The quantitative estimate of drug-likeness (QED) is 0.257. The number of fused-ring (bicyclic) bond motifs is 1. The Hall–Kier alpha value is -3.25. The van der Waals surface area contributed by atoms with Gasteiger partial charge in [-0.3, -0.25) is 14.7 Å². The molecule has 0 unspecified atom stereocenters. The summed E-state index contributed by atoms with van der Waals surface area (Å²) >= 11 is 1.54. The van der Waals surface area contributed by atoms with E-state index in [9.17, 15) is 4.79 Å². The lowest BCUT2D eigenvalue weighted by atomic mass is 10.0. The zero-order valence-electron chi connectivity index (χ0n) is 19.3. The zero-order valence-corrected chi connectivity index (χ0v) is 20.1. The monoisotopic (exact) mass is 459 g/mol. The zero-order chi connectivity index (χ0) is 23.2. The van der Waals surface area contributed by atoms with E-state index in [0.717, 1.165) is 28.8 Å². The van der Waals surface area contributed by atoms with Crippen LogP contribution in [0.25, 0.3) is 10.2 Å². The first-order valence-electron chi connectivity index (χ1n) is 11.4. The van der Waals surface area contributed by atoms with Crippen molar-refractivity contribution in [2.45, 2.75) is 46.1 Å². The standard InChI is InChI=1S/C27H29N3O2S/c1-4-5-16-32-22-12-8-10-20(17-22)26(31)30(18-21-11-6-7-15-28-21)27-29-25-23(19(2)3)13-9-14-24(25)33-27/h6-15,17,19H,4-5,16,18H2,1-3H3. The molecular formula is C27H29N3O2S. The Kier molecular flexibility index (Phi) is 7.35. The third kappa shape index (κ3) is 5.40. The van der Waals surface area contributed by atoms with E-state index in [0.29, 0.717) is 35.5 Å². The van der Waals surface area contributed by atoms with Gasteiger partial charge < -0.3 is 4.74 Å². The van der Waals surface area contributed by atoms with E-state index in [1.165, 1.54) is 16.9 Å². The fraction of sp³-hybridized carbons (Fsp3) is 0.296. The van der Waals surface area contributed by atoms with Crippen molar-refractivity contribution >= 4 is 32.6 Å². The Bertz CT molecular complexity index is 1220. The van der Waals surface area contributed by atoms with Gasteiger partial charge in [-0.1, -0.05) is 62.8 Å². The van der Waals surface area contributed by atoms with Crippen LogP contribution in [0.3, 0.4) is 0 Å². The van der Waals surface area contributed by atoms with Gasteiger partial charge in [0, 0.05) is 11.8 Å². The summed E-state index contributed by atoms with van der Waals surface area (Å²) in [5, 5.41) is 0.672. The lowest BCUT2D eigenvalue weighted by molar-refractivity contribution is 0.0984. The molecule has 0 aliphatic carbocycles. The molecule has 1 amide bonds. The minimum atomic E-state index is -0.119. The highest BCUT2D eigenvalue weighted by molar-refractivity contribution is 7.22. The van der Waals surface area contributed by atoms with Crippen molar-refractivity contribution in [3.8, 4) is 5.75 Å². The number of aromatic nitrogens is 2. The fourth-order valence-electron chi connectivity index (χ4n) is 3.63. The van der Waals surface area contributed by atoms with Crippen LogP contribution in [0.1, 0.15) is 61.1 Å². The minimum absolute atomic E-state index is 0.119. The molecule has 2 heterocycles. The molecule has 0 bridgehead atoms. The van der Waals surface area contributed by atoms with E-state index >= 15 is 0 Å². The van der Waals surface area contributed by atoms with Gasteiger partial charge >= 0.3 is 0 Å². The number of hydrogen-bond donors (Lipinski definition) is 0. The number of ether oxygens (including phenoxy) is 1. The molecule has 4 aromatic rings. The van der Waals surface area contributed by atoms with Gasteiger partial charge in [0.1, 0.15) is 5.75 Å². The van der Waals surface area contributed by atoms with Crippen molar-refractivity contribution in [1.82, 2.24) is 9.97 Å². The van der Waals surface area contributed by atoms with Gasteiger partial charge in [-0.2, -0.15) is 0 Å². The molecule has 4 rings (SSSR count). The molecule has 5 nitrogen and oxygen atoms in total. The van der Waals surface area contributed by atoms with E-state index in [1.54, 1.807) is 11.1 Å². The van der Waals surface area contributed by atoms with Crippen LogP contribution >= 0.6 is 11.3 Å². The van der Waals surface area contributed by atoms with E-state index in [4.69, 9.17) is 9.72 Å². The molecule has 0 N–H and O–H groups in total. The molecule has 0 saturated carbocycles. The number of para-hydroxylation sites is 1. The maximum absolute atomic E-state index is 13.7. The molecule has 0 fully saturated rings. The van der Waals surface area contributed by atoms with Crippen LogP contribution in [0.4, 0.5) is 5.13 Å². The molecule has 2 aromatic carbocycles. The van der Waals surface area contributed by atoms with Crippen LogP contribution < -0.4 is 9.64 Å². The number of anilines is 1. The molecule has 0 aliphatic rings. The predicted octanol–water partition coefficient (Wildman–Crippen LogP) is 6.84. The summed E-state index contributed by atoms with van der Waals surface area (Å²) < 4.78 is 6.91. The summed E-state index contributed by atoms with van der Waals surface area (Å²) in [5.41, 5.74) is 3.53. The van der Waals surface area contributed by atoms with E-state index in [1.807, 2.05) is 42.5 Å². The number of carbonyl (C=O) groups is 1. The number of carbonyl (C=O) groups excluding carboxylic acids is 1. The van der Waals surface area contributed by atoms with Gasteiger partial charge in [-0.25, -0.2) is 4.98 Å². The Morgan fingerprint density at radius 2 is 1.94 bits per heavy atom. The van der Waals surface area contributed by atoms with Crippen LogP contribution in [0.5, 0.6) is 5.75 Å². The Labute approximate surface area is 199 Å². The third-order valence-corrected chi connectivity index (χ3v) is 6.47. The Morgan fingerprint density at radius 3 is 2.70 bits per heavy atom. The largest absolute Gasteiger partial charge is 0.494 e. The summed E-state index contributed by atoms with van der Waals surface area (Å²) in [6.07, 6.45) is 3.79. The summed E-state index contributed by atoms with van der Waals surface area (Å²) in [5.74, 6) is 0.936. The summed E-state index contributed by atoms with van der Waals surface area (Å²) in [6, 6.07) is 19.4. The number of unbranched alkanes of at least 4 members (excludes halogenated alkanes) is 1. The van der Waals surface area contributed by atoms with Gasteiger partial charge in [0.05, 0.1) is 29.1 Å². The average molecular weight is 460 g/mol. The predicted molar refractivity (Wildman–Crippen MR) is 135 cm³/mol. The van der Waals surface area contributed by atoms with Crippen molar-refractivity contribution in [3.63, 3.8) is 0 Å². The van der Waals surface area contributed by atoms with Gasteiger partial charge in [-0.15, -0.1) is 0 Å². The number of nitrogens with zero attached hydrogens (tertiary/aromatic N) is 3. The number of pyridine rings is 1. The van der Waals surface area contributed by atoms with Gasteiger partial charge in [0.15, 0.2) is 5.13 Å². The average Bonchev–Trinajstić information content (AvgIpc) is 3.27. The Morgan fingerprint density at radius 1 is 1.09 bits per heavy atom. The van der Waals surface area contributed by atoms with Crippen LogP contribution in [0.15, 0.2) is 66.9 Å². The van der Waals surface area contributed by atoms with Crippen molar-refractivity contribution < 1.29 is 9.53 Å². The third-order valence-electron chi connectivity index (χ3n) is 5.43. The van der Waals surface area contributed by atoms with E-state index in [2.05, 4.69) is 44.0 Å². The fourth-order valence-corrected chi connectivity index (χ4v) is 4.63. The van der Waals surface area contributed by atoms with Crippen LogP contribution in [-0.4, -0.2) is 22.5 Å². The number of amides is 1. The summed E-state index contributed by atoms with van der Waals surface area (Å²) in [6.45, 7) is 7.43. The maximum Gasteiger partial charge on any atom is 0.260 e. The molecular weight excluding hydrogens is 430 g/mol. The second kappa shape index (κ2) is 10.6. The van der Waals surface area contributed by atoms with Crippen LogP contribution in [0, 0.1) is 0 Å². The van der Waals surface area contributed by atoms with Crippen molar-refractivity contribution in [2.75, 3.05) is 11.5 Å². The van der Waals surface area contributed by atoms with Crippen LogP contribution in [0.2, 0.25) is 0 Å². The van der Waals surface area contributed by atoms with Crippen LogP contribution in [-0.2, 0) is 6.54 Å². The molecule has 33 heavy (non-hydrogen) atoms. The maximum atomic E-state index is 13.7. The number of benzene rings is 2. The van der Waals surface area contributed by atoms with Crippen molar-refractivity contribution in [1.29, 1.82) is 0 Å². The Balaban J connectivity index is 1.72. The lowest BCUT2D eigenvalue weighted by Gasteiger charge is -2.20. The highest BCUT2D eigenvalue weighted by atomic mass is 32.1. The topological polar surface area (TPSA) is 55.3 Å². The molecule has 6 heteroatoms. The van der Waals surface area contributed by atoms with Crippen molar-refractivity contribution in [2.24, 2.45) is 0 Å². The highest BCUT2D eigenvalue weighted by Crippen LogP contribution is 2.34. The SMILES string of the molecule is CCCCOc1cccc(C(=O)N(Cc2ccccn2)c2nc3c(C(C)C)cccc3s2)c1. The normalized spacial score (nSPS) is 11.2. The minimum Gasteiger partial charge on any atom is -0.494 e. The molecule has 0 spiro atoms. The number of thiazole rings is 1. The molecule has 0 atom stereocenters. The molecule has 0 aliphatic heterocycles.